The number of aromatic nitrogens is 4. The van der Waals surface area contributed by atoms with Gasteiger partial charge in [0.15, 0.2) is 5.78 Å². The van der Waals surface area contributed by atoms with Gasteiger partial charge in [0, 0.05) is 22.2 Å². The van der Waals surface area contributed by atoms with Gasteiger partial charge < -0.3 is 0 Å². The van der Waals surface area contributed by atoms with E-state index in [1.165, 1.54) is 13.1 Å². The lowest BCUT2D eigenvalue weighted by atomic mass is 10.1. The largest absolute Gasteiger partial charge is 0.294 e. The number of carbonyl (C=O) groups excluding carboxylic acids is 1. The van der Waals surface area contributed by atoms with Gasteiger partial charge in [-0.1, -0.05) is 41.9 Å². The molecule has 6 nitrogen and oxygen atoms in total. The molecule has 0 aliphatic heterocycles. The molecule has 0 bridgehead atoms. The molecule has 4 rings (SSSR count). The summed E-state index contributed by atoms with van der Waals surface area (Å²) in [6, 6.07) is 13.2. The zero-order valence-electron chi connectivity index (χ0n) is 16.2. The van der Waals surface area contributed by atoms with Gasteiger partial charge >= 0.3 is 0 Å². The molecule has 4 aromatic rings. The van der Waals surface area contributed by atoms with E-state index in [0.29, 0.717) is 28.2 Å². The average molecular weight is 404 g/mol. The summed E-state index contributed by atoms with van der Waals surface area (Å²) in [4.78, 5) is 30.0. The van der Waals surface area contributed by atoms with Crippen LogP contribution in [0.3, 0.4) is 0 Å². The zero-order valence-corrected chi connectivity index (χ0v) is 16.9. The Bertz CT molecular complexity index is 1240. The van der Waals surface area contributed by atoms with Gasteiger partial charge in [0.25, 0.3) is 0 Å². The van der Waals surface area contributed by atoms with Gasteiger partial charge in [-0.2, -0.15) is 0 Å². The summed E-state index contributed by atoms with van der Waals surface area (Å²) >= 11 is 5.99. The third-order valence-electron chi connectivity index (χ3n) is 4.63. The van der Waals surface area contributed by atoms with Gasteiger partial charge in [-0.3, -0.25) is 10.1 Å². The highest BCUT2D eigenvalue weighted by molar-refractivity contribution is 6.30. The fourth-order valence-electron chi connectivity index (χ4n) is 3.13. The van der Waals surface area contributed by atoms with Crippen LogP contribution >= 0.6 is 11.6 Å². The molecule has 0 fully saturated rings. The number of fused-ring (bicyclic) bond motifs is 1. The summed E-state index contributed by atoms with van der Waals surface area (Å²) in [5.41, 5.74) is 4.53. The molecule has 1 N–H and O–H groups in total. The zero-order chi connectivity index (χ0) is 20.5. The van der Waals surface area contributed by atoms with Gasteiger partial charge in [0.1, 0.15) is 0 Å². The molecule has 2 heterocycles. The van der Waals surface area contributed by atoms with Crippen molar-refractivity contribution in [2.45, 2.75) is 20.8 Å². The molecule has 0 amide bonds. The van der Waals surface area contributed by atoms with Crippen LogP contribution in [0, 0.1) is 13.8 Å². The second-order valence-corrected chi connectivity index (χ2v) is 7.18. The molecule has 0 saturated carbocycles. The number of para-hydroxylation sites is 1. The minimum atomic E-state index is -0.116. The Kier molecular flexibility index (Phi) is 4.94. The first kappa shape index (κ1) is 19.0. The van der Waals surface area contributed by atoms with Crippen molar-refractivity contribution in [2.24, 2.45) is 0 Å². The molecular weight excluding hydrogens is 386 g/mol. The first-order valence-electron chi connectivity index (χ1n) is 9.07. The first-order valence-corrected chi connectivity index (χ1v) is 9.45. The number of benzene rings is 2. The fourth-order valence-corrected chi connectivity index (χ4v) is 3.26. The van der Waals surface area contributed by atoms with Crippen molar-refractivity contribution in [3.63, 3.8) is 0 Å². The number of nitrogens with one attached hydrogen (secondary N) is 1. The molecule has 0 aliphatic carbocycles. The smallest absolute Gasteiger partial charge is 0.230 e. The van der Waals surface area contributed by atoms with Crippen LogP contribution in [0.5, 0.6) is 0 Å². The van der Waals surface area contributed by atoms with Crippen molar-refractivity contribution < 1.29 is 4.79 Å². The average Bonchev–Trinajstić information content (AvgIpc) is 2.69. The summed E-state index contributed by atoms with van der Waals surface area (Å²) in [6.07, 6.45) is 1.51. The minimum Gasteiger partial charge on any atom is -0.294 e. The molecule has 2 aromatic carbocycles. The summed E-state index contributed by atoms with van der Waals surface area (Å²) in [5, 5.41) is 4.69. The van der Waals surface area contributed by atoms with Crippen LogP contribution in [-0.2, 0) is 0 Å². The number of ketones is 1. The molecular formula is C22H18ClN5O. The van der Waals surface area contributed by atoms with Crippen molar-refractivity contribution >= 4 is 40.2 Å². The van der Waals surface area contributed by atoms with E-state index >= 15 is 0 Å². The van der Waals surface area contributed by atoms with E-state index in [1.54, 1.807) is 12.1 Å². The number of halogens is 1. The summed E-state index contributed by atoms with van der Waals surface area (Å²) in [6.45, 7) is 5.44. The van der Waals surface area contributed by atoms with Crippen LogP contribution in [0.15, 0.2) is 48.7 Å². The number of Topliss-reactive ketones (excluding diaryl/α,β-unsaturated/α-hetero) is 1. The summed E-state index contributed by atoms with van der Waals surface area (Å²) < 4.78 is 0. The molecule has 0 atom stereocenters. The Balaban J connectivity index is 1.77. The van der Waals surface area contributed by atoms with Crippen molar-refractivity contribution in [1.82, 2.24) is 19.9 Å². The van der Waals surface area contributed by atoms with Gasteiger partial charge in [-0.25, -0.2) is 19.9 Å². The highest BCUT2D eigenvalue weighted by Gasteiger charge is 2.15. The Labute approximate surface area is 173 Å². The van der Waals surface area contributed by atoms with Crippen molar-refractivity contribution in [2.75, 3.05) is 5.32 Å². The second-order valence-electron chi connectivity index (χ2n) is 6.75. The van der Waals surface area contributed by atoms with E-state index in [4.69, 9.17) is 11.6 Å². The van der Waals surface area contributed by atoms with Crippen LogP contribution in [0.4, 0.5) is 11.9 Å². The maximum absolute atomic E-state index is 12.1. The lowest BCUT2D eigenvalue weighted by molar-refractivity contribution is 0.101. The Morgan fingerprint density at radius 2 is 1.72 bits per heavy atom. The number of nitrogens with zero attached hydrogens (tertiary/aromatic N) is 4. The maximum atomic E-state index is 12.1. The van der Waals surface area contributed by atoms with Gasteiger partial charge in [0.05, 0.1) is 22.5 Å². The van der Waals surface area contributed by atoms with E-state index in [9.17, 15) is 4.79 Å². The van der Waals surface area contributed by atoms with Gasteiger partial charge in [-0.15, -0.1) is 0 Å². The number of carbonyl (C=O) groups is 1. The van der Waals surface area contributed by atoms with E-state index in [-0.39, 0.29) is 5.78 Å². The highest BCUT2D eigenvalue weighted by atomic mass is 35.5. The quantitative estimate of drug-likeness (QED) is 0.465. The van der Waals surface area contributed by atoms with Crippen LogP contribution in [0.2, 0.25) is 5.02 Å². The molecule has 29 heavy (non-hydrogen) atoms. The maximum Gasteiger partial charge on any atom is 0.230 e. The molecule has 0 unspecified atom stereocenters. The minimum absolute atomic E-state index is 0.116. The van der Waals surface area contributed by atoms with E-state index in [1.807, 2.05) is 44.2 Å². The molecule has 144 valence electrons. The molecule has 0 radical (unpaired) electrons. The number of anilines is 2. The number of hydrogen-bond donors (Lipinski definition) is 1. The number of aryl methyl sites for hydroxylation is 2. The van der Waals surface area contributed by atoms with Gasteiger partial charge in [-0.05, 0) is 38.5 Å². The number of rotatable bonds is 4. The first-order chi connectivity index (χ1) is 13.9. The lowest BCUT2D eigenvalue weighted by Gasteiger charge is -2.11. The van der Waals surface area contributed by atoms with Crippen molar-refractivity contribution in [3.05, 3.63) is 70.5 Å². The van der Waals surface area contributed by atoms with Gasteiger partial charge in [0.2, 0.25) is 11.9 Å². The predicted molar refractivity (Wildman–Crippen MR) is 115 cm³/mol. The Hall–Kier alpha value is -3.38. The van der Waals surface area contributed by atoms with Crippen molar-refractivity contribution in [3.8, 4) is 11.3 Å². The Morgan fingerprint density at radius 1 is 0.966 bits per heavy atom. The monoisotopic (exact) mass is 403 g/mol. The lowest BCUT2D eigenvalue weighted by Crippen LogP contribution is -2.07. The molecule has 7 heteroatoms. The summed E-state index contributed by atoms with van der Waals surface area (Å²) in [7, 11) is 0. The standard InChI is InChI=1S/C22H18ClN5O/c1-12-5-4-6-17-13(2)25-22(26-19(12)17)28-21-24-11-18(14(3)29)20(27-21)15-7-9-16(23)10-8-15/h4-11H,1-3H3,(H,24,25,26,27,28). The van der Waals surface area contributed by atoms with E-state index in [2.05, 4.69) is 25.3 Å². The van der Waals surface area contributed by atoms with E-state index in [0.717, 1.165) is 27.7 Å². The van der Waals surface area contributed by atoms with Crippen molar-refractivity contribution in [1.29, 1.82) is 0 Å². The van der Waals surface area contributed by atoms with Crippen LogP contribution in [0.1, 0.15) is 28.5 Å². The Morgan fingerprint density at radius 3 is 2.45 bits per heavy atom. The third-order valence-corrected chi connectivity index (χ3v) is 4.88. The molecule has 0 aliphatic rings. The predicted octanol–water partition coefficient (Wildman–Crippen LogP) is 5.30. The third kappa shape index (κ3) is 3.79. The van der Waals surface area contributed by atoms with Crippen LogP contribution in [-0.4, -0.2) is 25.7 Å². The summed E-state index contributed by atoms with van der Waals surface area (Å²) in [5.74, 6) is 0.601. The molecule has 2 aromatic heterocycles. The van der Waals surface area contributed by atoms with E-state index < -0.39 is 0 Å². The van der Waals surface area contributed by atoms with Crippen LogP contribution < -0.4 is 5.32 Å². The topological polar surface area (TPSA) is 80.7 Å². The SMILES string of the molecule is CC(=O)c1cnc(Nc2nc(C)c3cccc(C)c3n2)nc1-c1ccc(Cl)cc1. The molecule has 0 saturated heterocycles. The number of hydrogen-bond acceptors (Lipinski definition) is 6. The fraction of sp³-hybridized carbons (Fsp3) is 0.136. The normalized spacial score (nSPS) is 10.9. The highest BCUT2D eigenvalue weighted by Crippen LogP contribution is 2.26. The second kappa shape index (κ2) is 7.56. The molecule has 0 spiro atoms. The van der Waals surface area contributed by atoms with Crippen LogP contribution in [0.25, 0.3) is 22.2 Å².